The molecule has 3 aliphatic rings. The average molecular weight is 500 g/mol. The van der Waals surface area contributed by atoms with Crippen LogP contribution in [0.4, 0.5) is 11.5 Å². The van der Waals surface area contributed by atoms with E-state index in [1.54, 1.807) is 0 Å². The Morgan fingerprint density at radius 2 is 1.76 bits per heavy atom. The van der Waals surface area contributed by atoms with Crippen LogP contribution in [0.25, 0.3) is 5.69 Å². The number of nitrogens with one attached hydrogen (secondary N) is 1. The van der Waals surface area contributed by atoms with E-state index in [1.807, 2.05) is 25.1 Å². The van der Waals surface area contributed by atoms with E-state index < -0.39 is 0 Å². The highest BCUT2D eigenvalue weighted by Gasteiger charge is 2.29. The molecule has 6 rings (SSSR count). The number of aryl methyl sites for hydroxylation is 2. The molecule has 1 fully saturated rings. The van der Waals surface area contributed by atoms with Crippen molar-refractivity contribution in [2.24, 2.45) is 0 Å². The van der Waals surface area contributed by atoms with Crippen LogP contribution in [0.3, 0.4) is 0 Å². The first-order chi connectivity index (χ1) is 18.2. The first kappa shape index (κ1) is 23.9. The molecule has 4 heterocycles. The smallest absolute Gasteiger partial charge is 0.256 e. The molecule has 0 saturated carbocycles. The van der Waals surface area contributed by atoms with Gasteiger partial charge in [0.1, 0.15) is 11.6 Å². The molecular weight excluding hydrogens is 462 g/mol. The summed E-state index contributed by atoms with van der Waals surface area (Å²) in [5, 5.41) is 3.07. The van der Waals surface area contributed by atoms with E-state index in [-0.39, 0.29) is 5.91 Å². The Kier molecular flexibility index (Phi) is 6.79. The van der Waals surface area contributed by atoms with E-state index in [1.165, 1.54) is 11.3 Å². The average Bonchev–Trinajstić information content (AvgIpc) is 3.31. The summed E-state index contributed by atoms with van der Waals surface area (Å²) in [6.07, 6.45) is 6.57. The summed E-state index contributed by atoms with van der Waals surface area (Å²) in [4.78, 5) is 20.1. The highest BCUT2D eigenvalue weighted by atomic mass is 16.5. The standard InChI is InChI=1S/C30H37N5O2/c1-23-21-35(25-11-3-2-4-12-25)30-27(23)29(36)31-22-34(30)15-6-5-14-32-16-18-33(19-17-32)26-13-7-9-24-10-8-20-37-28(24)26/h2-4,7,9,11-13,21H,5-6,8,10,14-20,22H2,1H3,(H,31,36). The van der Waals surface area contributed by atoms with Crippen LogP contribution in [0.1, 0.15) is 40.7 Å². The van der Waals surface area contributed by atoms with Crippen molar-refractivity contribution in [2.75, 3.05) is 62.3 Å². The van der Waals surface area contributed by atoms with Crippen LogP contribution >= 0.6 is 0 Å². The van der Waals surface area contributed by atoms with Gasteiger partial charge in [-0.05, 0) is 68.5 Å². The minimum Gasteiger partial charge on any atom is -0.491 e. The van der Waals surface area contributed by atoms with Crippen LogP contribution in [0.2, 0.25) is 0 Å². The van der Waals surface area contributed by atoms with E-state index in [9.17, 15) is 4.79 Å². The van der Waals surface area contributed by atoms with Gasteiger partial charge in [-0.2, -0.15) is 0 Å². The van der Waals surface area contributed by atoms with Crippen molar-refractivity contribution in [1.82, 2.24) is 14.8 Å². The number of ether oxygens (including phenoxy) is 1. The van der Waals surface area contributed by atoms with Gasteiger partial charge >= 0.3 is 0 Å². The number of para-hydroxylation sites is 2. The molecule has 37 heavy (non-hydrogen) atoms. The Balaban J connectivity index is 1.04. The fourth-order valence-electron chi connectivity index (χ4n) is 5.98. The molecule has 1 saturated heterocycles. The molecule has 1 aromatic heterocycles. The summed E-state index contributed by atoms with van der Waals surface area (Å²) in [7, 11) is 0. The molecule has 0 aliphatic carbocycles. The Hall–Kier alpha value is -3.45. The second kappa shape index (κ2) is 10.5. The third kappa shape index (κ3) is 4.80. The number of rotatable bonds is 7. The highest BCUT2D eigenvalue weighted by molar-refractivity contribution is 6.02. The summed E-state index contributed by atoms with van der Waals surface area (Å²) in [6.45, 7) is 9.73. The second-order valence-corrected chi connectivity index (χ2v) is 10.4. The molecule has 3 aromatic rings. The molecule has 0 spiro atoms. The molecule has 0 radical (unpaired) electrons. The largest absolute Gasteiger partial charge is 0.491 e. The first-order valence-corrected chi connectivity index (χ1v) is 13.7. The predicted octanol–water partition coefficient (Wildman–Crippen LogP) is 4.22. The van der Waals surface area contributed by atoms with Crippen LogP contribution in [-0.2, 0) is 6.42 Å². The predicted molar refractivity (Wildman–Crippen MR) is 148 cm³/mol. The molecule has 194 valence electrons. The maximum absolute atomic E-state index is 12.7. The molecule has 1 amide bonds. The third-order valence-corrected chi connectivity index (χ3v) is 7.94. The van der Waals surface area contributed by atoms with Gasteiger partial charge in [-0.15, -0.1) is 0 Å². The number of piperazine rings is 1. The number of carbonyl (C=O) groups is 1. The molecule has 2 aromatic carbocycles. The van der Waals surface area contributed by atoms with Crippen molar-refractivity contribution in [1.29, 1.82) is 0 Å². The van der Waals surface area contributed by atoms with Crippen LogP contribution in [0, 0.1) is 6.92 Å². The van der Waals surface area contributed by atoms with Crippen LogP contribution in [-0.4, -0.2) is 67.9 Å². The van der Waals surface area contributed by atoms with Gasteiger partial charge in [0.05, 0.1) is 24.5 Å². The van der Waals surface area contributed by atoms with E-state index in [4.69, 9.17) is 4.74 Å². The molecular formula is C30H37N5O2. The molecule has 7 heteroatoms. The van der Waals surface area contributed by atoms with Crippen molar-refractivity contribution in [2.45, 2.75) is 32.6 Å². The number of unbranched alkanes of at least 4 members (excludes halogenated alkanes) is 1. The Morgan fingerprint density at radius 1 is 0.946 bits per heavy atom. The molecule has 7 nitrogen and oxygen atoms in total. The fourth-order valence-corrected chi connectivity index (χ4v) is 5.98. The van der Waals surface area contributed by atoms with Gasteiger partial charge in [-0.25, -0.2) is 0 Å². The number of benzene rings is 2. The van der Waals surface area contributed by atoms with Crippen LogP contribution in [0.15, 0.2) is 54.7 Å². The zero-order valence-corrected chi connectivity index (χ0v) is 21.8. The van der Waals surface area contributed by atoms with E-state index >= 15 is 0 Å². The third-order valence-electron chi connectivity index (χ3n) is 7.94. The lowest BCUT2D eigenvalue weighted by atomic mass is 10.0. The van der Waals surface area contributed by atoms with Gasteiger partial charge in [-0.1, -0.05) is 30.3 Å². The van der Waals surface area contributed by atoms with E-state index in [2.05, 4.69) is 61.1 Å². The number of hydrogen-bond acceptors (Lipinski definition) is 5. The lowest BCUT2D eigenvalue weighted by Gasteiger charge is -2.37. The molecule has 1 N–H and O–H groups in total. The van der Waals surface area contributed by atoms with Crippen molar-refractivity contribution >= 4 is 17.4 Å². The number of anilines is 2. The van der Waals surface area contributed by atoms with Crippen molar-refractivity contribution in [3.8, 4) is 11.4 Å². The second-order valence-electron chi connectivity index (χ2n) is 10.4. The molecule has 3 aliphatic heterocycles. The van der Waals surface area contributed by atoms with Gasteiger partial charge < -0.3 is 24.4 Å². The SMILES string of the molecule is Cc1cn(-c2ccccc2)c2c1C(=O)NCN2CCCCN1CCN(c2cccc3c2OCCC3)CC1. The van der Waals surface area contributed by atoms with E-state index in [0.717, 1.165) is 99.9 Å². The number of fused-ring (bicyclic) bond motifs is 2. The maximum atomic E-state index is 12.7. The normalized spacial score (nSPS) is 17.7. The summed E-state index contributed by atoms with van der Waals surface area (Å²) >= 11 is 0. The minimum atomic E-state index is 0.0291. The van der Waals surface area contributed by atoms with Crippen LogP contribution < -0.4 is 19.9 Å². The van der Waals surface area contributed by atoms with E-state index in [0.29, 0.717) is 6.67 Å². The summed E-state index contributed by atoms with van der Waals surface area (Å²) in [5.74, 6) is 2.17. The molecule has 0 bridgehead atoms. The quantitative estimate of drug-likeness (QED) is 0.494. The molecule has 0 unspecified atom stereocenters. The Labute approximate surface area is 219 Å². The minimum absolute atomic E-state index is 0.0291. The summed E-state index contributed by atoms with van der Waals surface area (Å²) in [6, 6.07) is 16.9. The van der Waals surface area contributed by atoms with Gasteiger partial charge in [0.15, 0.2) is 0 Å². The lowest BCUT2D eigenvalue weighted by Crippen LogP contribution is -2.47. The van der Waals surface area contributed by atoms with Gasteiger partial charge in [0.25, 0.3) is 5.91 Å². The molecule has 0 atom stereocenters. The number of aromatic nitrogens is 1. The summed E-state index contributed by atoms with van der Waals surface area (Å²) < 4.78 is 8.23. The van der Waals surface area contributed by atoms with Gasteiger partial charge in [-0.3, -0.25) is 9.69 Å². The first-order valence-electron chi connectivity index (χ1n) is 13.7. The Bertz CT molecular complexity index is 1250. The van der Waals surface area contributed by atoms with Crippen molar-refractivity contribution < 1.29 is 9.53 Å². The van der Waals surface area contributed by atoms with Crippen molar-refractivity contribution in [3.63, 3.8) is 0 Å². The number of nitrogens with zero attached hydrogens (tertiary/aromatic N) is 4. The monoisotopic (exact) mass is 499 g/mol. The van der Waals surface area contributed by atoms with Gasteiger partial charge in [0.2, 0.25) is 0 Å². The Morgan fingerprint density at radius 3 is 2.59 bits per heavy atom. The zero-order valence-electron chi connectivity index (χ0n) is 21.8. The zero-order chi connectivity index (χ0) is 25.2. The topological polar surface area (TPSA) is 53.0 Å². The number of hydrogen-bond donors (Lipinski definition) is 1. The fraction of sp³-hybridized carbons (Fsp3) is 0.433. The number of amides is 1. The summed E-state index contributed by atoms with van der Waals surface area (Å²) in [5.41, 5.74) is 5.55. The highest BCUT2D eigenvalue weighted by Crippen LogP contribution is 2.36. The van der Waals surface area contributed by atoms with Crippen LogP contribution in [0.5, 0.6) is 5.75 Å². The number of carbonyl (C=O) groups excluding carboxylic acids is 1. The van der Waals surface area contributed by atoms with Crippen molar-refractivity contribution in [3.05, 3.63) is 71.4 Å². The lowest BCUT2D eigenvalue weighted by molar-refractivity contribution is 0.0947. The van der Waals surface area contributed by atoms with Gasteiger partial charge in [0, 0.05) is 44.6 Å². The maximum Gasteiger partial charge on any atom is 0.256 e.